The smallest absolute Gasteiger partial charge is 0.166 e. The number of aromatic hydroxyl groups is 1. The molecule has 0 aliphatic carbocycles. The second kappa shape index (κ2) is 6.05. The Labute approximate surface area is 113 Å². The lowest BCUT2D eigenvalue weighted by molar-refractivity contribution is 0.318. The third-order valence-corrected chi connectivity index (χ3v) is 2.72. The molecule has 0 fully saturated rings. The number of aryl methyl sites for hydroxylation is 1. The zero-order valence-corrected chi connectivity index (χ0v) is 11.1. The van der Waals surface area contributed by atoms with E-state index in [-0.39, 0.29) is 5.75 Å². The number of nitrogens with zero attached hydrogens (tertiary/aromatic N) is 1. The third-order valence-electron chi connectivity index (χ3n) is 2.72. The molecule has 2 aromatic rings. The van der Waals surface area contributed by atoms with Crippen LogP contribution in [0, 0.1) is 6.92 Å². The minimum absolute atomic E-state index is 0.125. The van der Waals surface area contributed by atoms with Gasteiger partial charge in [-0.05, 0) is 38.1 Å². The maximum atomic E-state index is 10.0. The van der Waals surface area contributed by atoms with Gasteiger partial charge in [-0.15, -0.1) is 0 Å². The first-order valence-electron chi connectivity index (χ1n) is 6.26. The minimum atomic E-state index is 0.125. The summed E-state index contributed by atoms with van der Waals surface area (Å²) in [6, 6.07) is 13.3. The Kier molecular flexibility index (Phi) is 4.18. The van der Waals surface area contributed by atoms with Gasteiger partial charge < -0.3 is 9.84 Å². The number of para-hydroxylation sites is 1. The molecule has 3 heteroatoms. The summed E-state index contributed by atoms with van der Waals surface area (Å²) in [6.07, 6.45) is 1.64. The molecule has 0 bridgehead atoms. The first kappa shape index (κ1) is 13.1. The van der Waals surface area contributed by atoms with Crippen LogP contribution in [0.5, 0.6) is 11.5 Å². The standard InChI is InChI=1S/C16H17NO2/c1-3-19-15-6-4-5-13(16(15)18)11-17-14-9-7-12(2)8-10-14/h4-11,18H,3H2,1-2H3. The normalized spacial score (nSPS) is 10.8. The Balaban J connectivity index is 2.23. The van der Waals surface area contributed by atoms with E-state index in [1.54, 1.807) is 18.3 Å². The molecule has 1 N–H and O–H groups in total. The van der Waals surface area contributed by atoms with E-state index < -0.39 is 0 Å². The molecule has 0 amide bonds. The lowest BCUT2D eigenvalue weighted by Crippen LogP contribution is -1.93. The quantitative estimate of drug-likeness (QED) is 0.843. The summed E-state index contributed by atoms with van der Waals surface area (Å²) in [5.74, 6) is 0.607. The summed E-state index contributed by atoms with van der Waals surface area (Å²) in [7, 11) is 0. The van der Waals surface area contributed by atoms with Gasteiger partial charge in [0.05, 0.1) is 12.3 Å². The molecule has 0 radical (unpaired) electrons. The van der Waals surface area contributed by atoms with Gasteiger partial charge in [0.25, 0.3) is 0 Å². The molecule has 0 aliphatic rings. The van der Waals surface area contributed by atoms with Gasteiger partial charge in [0, 0.05) is 11.8 Å². The summed E-state index contributed by atoms with van der Waals surface area (Å²) in [5.41, 5.74) is 2.69. The van der Waals surface area contributed by atoms with Crippen molar-refractivity contribution in [3.8, 4) is 11.5 Å². The van der Waals surface area contributed by atoms with E-state index in [0.29, 0.717) is 17.9 Å². The molecule has 0 saturated heterocycles. The highest BCUT2D eigenvalue weighted by atomic mass is 16.5. The number of hydrogen-bond acceptors (Lipinski definition) is 3. The maximum Gasteiger partial charge on any atom is 0.166 e. The summed E-state index contributed by atoms with van der Waals surface area (Å²) in [6.45, 7) is 4.43. The van der Waals surface area contributed by atoms with Crippen LogP contribution in [0.1, 0.15) is 18.1 Å². The van der Waals surface area contributed by atoms with Gasteiger partial charge >= 0.3 is 0 Å². The van der Waals surface area contributed by atoms with E-state index in [1.807, 2.05) is 44.2 Å². The van der Waals surface area contributed by atoms with Crippen molar-refractivity contribution in [3.63, 3.8) is 0 Å². The van der Waals surface area contributed by atoms with Gasteiger partial charge in [-0.25, -0.2) is 0 Å². The van der Waals surface area contributed by atoms with E-state index in [4.69, 9.17) is 4.74 Å². The Morgan fingerprint density at radius 2 is 1.89 bits per heavy atom. The van der Waals surface area contributed by atoms with Crippen LogP contribution in [0.4, 0.5) is 5.69 Å². The Hall–Kier alpha value is -2.29. The SMILES string of the molecule is CCOc1cccc(C=Nc2ccc(C)cc2)c1O. The maximum absolute atomic E-state index is 10.0. The molecule has 0 atom stereocenters. The third kappa shape index (κ3) is 3.35. The fraction of sp³-hybridized carbons (Fsp3) is 0.188. The van der Waals surface area contributed by atoms with Crippen LogP contribution in [0.25, 0.3) is 0 Å². The largest absolute Gasteiger partial charge is 0.504 e. The molecule has 0 unspecified atom stereocenters. The van der Waals surface area contributed by atoms with Gasteiger partial charge in [0.15, 0.2) is 11.5 Å². The number of hydrogen-bond donors (Lipinski definition) is 1. The Bertz CT molecular complexity index is 574. The summed E-state index contributed by atoms with van der Waals surface area (Å²) >= 11 is 0. The van der Waals surface area contributed by atoms with Crippen molar-refractivity contribution in [2.45, 2.75) is 13.8 Å². The number of rotatable bonds is 4. The molecule has 19 heavy (non-hydrogen) atoms. The molecule has 2 aromatic carbocycles. The van der Waals surface area contributed by atoms with Crippen molar-refractivity contribution in [2.75, 3.05) is 6.61 Å². The molecule has 98 valence electrons. The Morgan fingerprint density at radius 1 is 1.16 bits per heavy atom. The van der Waals surface area contributed by atoms with E-state index in [2.05, 4.69) is 4.99 Å². The first-order chi connectivity index (χ1) is 9.20. The van der Waals surface area contributed by atoms with Gasteiger partial charge in [0.2, 0.25) is 0 Å². The molecule has 3 nitrogen and oxygen atoms in total. The molecule has 0 aliphatic heterocycles. The van der Waals surface area contributed by atoms with E-state index in [0.717, 1.165) is 5.69 Å². The predicted octanol–water partition coefficient (Wildman–Crippen LogP) is 3.85. The van der Waals surface area contributed by atoms with Crippen LogP contribution < -0.4 is 4.74 Å². The van der Waals surface area contributed by atoms with Crippen molar-refractivity contribution in [3.05, 3.63) is 53.6 Å². The van der Waals surface area contributed by atoms with Gasteiger partial charge in [-0.1, -0.05) is 23.8 Å². The highest BCUT2D eigenvalue weighted by Gasteiger charge is 2.05. The number of phenolic OH excluding ortho intramolecular Hbond substituents is 1. The zero-order valence-electron chi connectivity index (χ0n) is 11.1. The van der Waals surface area contributed by atoms with Crippen LogP contribution >= 0.6 is 0 Å². The van der Waals surface area contributed by atoms with Crippen LogP contribution in [0.3, 0.4) is 0 Å². The van der Waals surface area contributed by atoms with Crippen molar-refractivity contribution < 1.29 is 9.84 Å². The number of benzene rings is 2. The first-order valence-corrected chi connectivity index (χ1v) is 6.26. The molecule has 0 heterocycles. The summed E-state index contributed by atoms with van der Waals surface area (Å²) < 4.78 is 5.33. The number of phenols is 1. The van der Waals surface area contributed by atoms with E-state index in [1.165, 1.54) is 5.56 Å². The average molecular weight is 255 g/mol. The van der Waals surface area contributed by atoms with Crippen molar-refractivity contribution in [2.24, 2.45) is 4.99 Å². The Morgan fingerprint density at radius 3 is 2.58 bits per heavy atom. The molecular formula is C16H17NO2. The van der Waals surface area contributed by atoms with Crippen LogP contribution in [0.2, 0.25) is 0 Å². The number of ether oxygens (including phenoxy) is 1. The second-order valence-electron chi connectivity index (χ2n) is 4.22. The lowest BCUT2D eigenvalue weighted by atomic mass is 10.2. The lowest BCUT2D eigenvalue weighted by Gasteiger charge is -2.07. The fourth-order valence-corrected chi connectivity index (χ4v) is 1.69. The monoisotopic (exact) mass is 255 g/mol. The zero-order chi connectivity index (χ0) is 13.7. The highest BCUT2D eigenvalue weighted by Crippen LogP contribution is 2.29. The topological polar surface area (TPSA) is 41.8 Å². The molecule has 0 aromatic heterocycles. The number of aliphatic imine (C=N–C) groups is 1. The van der Waals surface area contributed by atoms with E-state index >= 15 is 0 Å². The van der Waals surface area contributed by atoms with Crippen molar-refractivity contribution in [1.82, 2.24) is 0 Å². The van der Waals surface area contributed by atoms with Crippen LogP contribution in [0.15, 0.2) is 47.5 Å². The van der Waals surface area contributed by atoms with Crippen LogP contribution in [-0.4, -0.2) is 17.9 Å². The van der Waals surface area contributed by atoms with E-state index in [9.17, 15) is 5.11 Å². The van der Waals surface area contributed by atoms with Gasteiger partial charge in [-0.2, -0.15) is 0 Å². The molecule has 2 rings (SSSR count). The van der Waals surface area contributed by atoms with Gasteiger partial charge in [0.1, 0.15) is 0 Å². The molecular weight excluding hydrogens is 238 g/mol. The average Bonchev–Trinajstić information content (AvgIpc) is 2.42. The highest BCUT2D eigenvalue weighted by molar-refractivity contribution is 5.86. The fourth-order valence-electron chi connectivity index (χ4n) is 1.69. The predicted molar refractivity (Wildman–Crippen MR) is 77.7 cm³/mol. The van der Waals surface area contributed by atoms with Crippen molar-refractivity contribution in [1.29, 1.82) is 0 Å². The van der Waals surface area contributed by atoms with Crippen molar-refractivity contribution >= 4 is 11.9 Å². The minimum Gasteiger partial charge on any atom is -0.504 e. The summed E-state index contributed by atoms with van der Waals surface area (Å²) in [4.78, 5) is 4.34. The van der Waals surface area contributed by atoms with Gasteiger partial charge in [-0.3, -0.25) is 4.99 Å². The van der Waals surface area contributed by atoms with Crippen LogP contribution in [-0.2, 0) is 0 Å². The summed E-state index contributed by atoms with van der Waals surface area (Å²) in [5, 5.41) is 10.0. The second-order valence-corrected chi connectivity index (χ2v) is 4.22. The molecule has 0 spiro atoms. The molecule has 0 saturated carbocycles.